The average molecular weight is 372 g/mol. The van der Waals surface area contributed by atoms with E-state index in [1.54, 1.807) is 0 Å². The Hall–Kier alpha value is -3.03. The number of aromatic nitrogens is 3. The first-order valence-corrected chi connectivity index (χ1v) is 8.81. The first-order valence-electron chi connectivity index (χ1n) is 8.81. The summed E-state index contributed by atoms with van der Waals surface area (Å²) in [5, 5.41) is 10.3. The van der Waals surface area contributed by atoms with E-state index in [4.69, 9.17) is 0 Å². The molecule has 8 heteroatoms. The maximum Gasteiger partial charge on any atom is 0.348 e. The molecule has 0 amide bonds. The Morgan fingerprint density at radius 3 is 2.78 bits per heavy atom. The number of pyridine rings is 1. The first kappa shape index (κ1) is 17.4. The Labute approximate surface area is 153 Å². The van der Waals surface area contributed by atoms with Crippen LogP contribution in [0.1, 0.15) is 26.2 Å². The highest BCUT2D eigenvalue weighted by atomic mass is 19.1. The monoisotopic (exact) mass is 372 g/mol. The minimum Gasteiger partial charge on any atom is -0.507 e. The van der Waals surface area contributed by atoms with Crippen LogP contribution in [0, 0.1) is 11.6 Å². The molecule has 0 unspecified atom stereocenters. The quantitative estimate of drug-likeness (QED) is 0.721. The largest absolute Gasteiger partial charge is 0.507 e. The number of anilines is 1. The second-order valence-corrected chi connectivity index (χ2v) is 6.75. The summed E-state index contributed by atoms with van der Waals surface area (Å²) in [6.07, 6.45) is 2.99. The van der Waals surface area contributed by atoms with Gasteiger partial charge in [-0.05, 0) is 44.4 Å². The van der Waals surface area contributed by atoms with Gasteiger partial charge in [-0.25, -0.2) is 18.6 Å². The molecule has 6 nitrogen and oxygen atoms in total. The highest BCUT2D eigenvalue weighted by molar-refractivity contribution is 5.89. The summed E-state index contributed by atoms with van der Waals surface area (Å²) in [7, 11) is 0. The van der Waals surface area contributed by atoms with Crippen molar-refractivity contribution < 1.29 is 13.9 Å². The molecule has 1 atom stereocenters. The maximum absolute atomic E-state index is 14.8. The number of benzene rings is 1. The van der Waals surface area contributed by atoms with E-state index in [1.165, 1.54) is 18.2 Å². The van der Waals surface area contributed by atoms with Gasteiger partial charge in [0.15, 0.2) is 5.82 Å². The fourth-order valence-electron chi connectivity index (χ4n) is 3.59. The van der Waals surface area contributed by atoms with Crippen LogP contribution in [0.2, 0.25) is 0 Å². The summed E-state index contributed by atoms with van der Waals surface area (Å²) in [6, 6.07) is 5.02. The Balaban J connectivity index is 1.95. The Morgan fingerprint density at radius 1 is 1.22 bits per heavy atom. The Bertz CT molecular complexity index is 1060. The molecule has 0 spiro atoms. The second kappa shape index (κ2) is 6.61. The third-order valence-electron chi connectivity index (χ3n) is 4.95. The number of H-pyrrole nitrogens is 1. The third kappa shape index (κ3) is 3.01. The first-order chi connectivity index (χ1) is 13.0. The van der Waals surface area contributed by atoms with E-state index in [9.17, 15) is 18.7 Å². The van der Waals surface area contributed by atoms with Gasteiger partial charge in [-0.1, -0.05) is 6.07 Å². The molecule has 1 fully saturated rings. The second-order valence-electron chi connectivity index (χ2n) is 6.75. The van der Waals surface area contributed by atoms with Crippen LogP contribution in [0.4, 0.5) is 14.6 Å². The van der Waals surface area contributed by atoms with Crippen molar-refractivity contribution >= 4 is 16.9 Å². The molecular weight excluding hydrogens is 354 g/mol. The van der Waals surface area contributed by atoms with Crippen molar-refractivity contribution in [3.8, 4) is 17.0 Å². The normalized spacial score (nSPS) is 17.4. The van der Waals surface area contributed by atoms with E-state index in [2.05, 4.69) is 15.0 Å². The van der Waals surface area contributed by atoms with Crippen LogP contribution in [-0.2, 0) is 0 Å². The van der Waals surface area contributed by atoms with Crippen LogP contribution < -0.4 is 10.6 Å². The van der Waals surface area contributed by atoms with Gasteiger partial charge in [0.1, 0.15) is 28.7 Å². The number of halogens is 2. The number of piperidine rings is 1. The van der Waals surface area contributed by atoms with E-state index in [-0.39, 0.29) is 22.9 Å². The SMILES string of the molecule is C[C@H]1CCCCN1c1nc(=O)[nH]c2nc(-c3c(O)cccc3F)c(F)cc12. The molecular formula is C19H18F2N4O2. The number of nitrogens with zero attached hydrogens (tertiary/aromatic N) is 3. The van der Waals surface area contributed by atoms with Gasteiger partial charge < -0.3 is 10.0 Å². The molecule has 2 aromatic heterocycles. The van der Waals surface area contributed by atoms with Crippen LogP contribution in [0.5, 0.6) is 5.75 Å². The number of fused-ring (bicyclic) bond motifs is 1. The predicted molar refractivity (Wildman–Crippen MR) is 97.8 cm³/mol. The molecule has 27 heavy (non-hydrogen) atoms. The standard InChI is InChI=1S/C19H18F2N4O2/c1-10-5-2-3-8-25(10)18-11-9-13(21)16(22-17(11)23-19(27)24-18)15-12(20)6-4-7-14(15)26/h4,6-7,9-10,26H,2-3,5,8H2,1H3,(H,22,23,24,27)/t10-/m0/s1. The summed E-state index contributed by atoms with van der Waals surface area (Å²) in [4.78, 5) is 24.7. The van der Waals surface area contributed by atoms with Crippen molar-refractivity contribution in [2.75, 3.05) is 11.4 Å². The van der Waals surface area contributed by atoms with Crippen LogP contribution in [-0.4, -0.2) is 32.6 Å². The van der Waals surface area contributed by atoms with Crippen molar-refractivity contribution in [1.82, 2.24) is 15.0 Å². The van der Waals surface area contributed by atoms with E-state index in [0.717, 1.165) is 25.3 Å². The predicted octanol–water partition coefficient (Wildman–Crippen LogP) is 3.35. The molecule has 0 radical (unpaired) electrons. The van der Waals surface area contributed by atoms with E-state index >= 15 is 0 Å². The number of phenols is 1. The van der Waals surface area contributed by atoms with Crippen LogP contribution >= 0.6 is 0 Å². The van der Waals surface area contributed by atoms with E-state index in [1.807, 2.05) is 11.8 Å². The van der Waals surface area contributed by atoms with E-state index < -0.39 is 23.1 Å². The number of aromatic amines is 1. The van der Waals surface area contributed by atoms with Gasteiger partial charge in [-0.2, -0.15) is 4.98 Å². The van der Waals surface area contributed by atoms with Crippen molar-refractivity contribution in [2.24, 2.45) is 0 Å². The Kier molecular flexibility index (Phi) is 4.25. The molecule has 3 heterocycles. The number of aromatic hydroxyl groups is 1. The zero-order valence-electron chi connectivity index (χ0n) is 14.7. The van der Waals surface area contributed by atoms with Crippen molar-refractivity contribution in [1.29, 1.82) is 0 Å². The van der Waals surface area contributed by atoms with E-state index in [0.29, 0.717) is 17.7 Å². The van der Waals surface area contributed by atoms with Gasteiger partial charge in [0, 0.05) is 12.6 Å². The summed E-state index contributed by atoms with van der Waals surface area (Å²) in [5.74, 6) is -1.66. The molecule has 0 saturated carbocycles. The molecule has 1 aliphatic rings. The highest BCUT2D eigenvalue weighted by Gasteiger charge is 2.24. The Morgan fingerprint density at radius 2 is 2.04 bits per heavy atom. The van der Waals surface area contributed by atoms with Crippen LogP contribution in [0.3, 0.4) is 0 Å². The zero-order valence-corrected chi connectivity index (χ0v) is 14.7. The van der Waals surface area contributed by atoms with Gasteiger partial charge in [-0.15, -0.1) is 0 Å². The molecule has 0 bridgehead atoms. The zero-order chi connectivity index (χ0) is 19.1. The van der Waals surface area contributed by atoms with Gasteiger partial charge in [0.05, 0.1) is 10.9 Å². The van der Waals surface area contributed by atoms with Crippen molar-refractivity contribution in [3.63, 3.8) is 0 Å². The molecule has 1 aromatic carbocycles. The summed E-state index contributed by atoms with van der Waals surface area (Å²) in [5.41, 5.74) is -1.22. The number of hydrogen-bond acceptors (Lipinski definition) is 5. The topological polar surface area (TPSA) is 82.1 Å². The minimum absolute atomic E-state index is 0.0989. The van der Waals surface area contributed by atoms with Crippen molar-refractivity contribution in [2.45, 2.75) is 32.2 Å². The molecule has 0 aliphatic carbocycles. The van der Waals surface area contributed by atoms with Gasteiger partial charge >= 0.3 is 5.69 Å². The molecule has 4 rings (SSSR count). The lowest BCUT2D eigenvalue weighted by atomic mass is 10.0. The number of phenolic OH excluding ortho intramolecular Hbond substituents is 1. The minimum atomic E-state index is -0.804. The number of nitrogens with one attached hydrogen (secondary N) is 1. The van der Waals surface area contributed by atoms with Gasteiger partial charge in [0.25, 0.3) is 0 Å². The molecule has 140 valence electrons. The molecule has 3 aromatic rings. The summed E-state index contributed by atoms with van der Waals surface area (Å²) >= 11 is 0. The van der Waals surface area contributed by atoms with Crippen LogP contribution in [0.25, 0.3) is 22.3 Å². The van der Waals surface area contributed by atoms with Gasteiger partial charge in [0.2, 0.25) is 0 Å². The summed E-state index contributed by atoms with van der Waals surface area (Å²) < 4.78 is 29.0. The fraction of sp³-hybridized carbons (Fsp3) is 0.316. The lowest BCUT2D eigenvalue weighted by Crippen LogP contribution is -2.39. The number of hydrogen-bond donors (Lipinski definition) is 2. The third-order valence-corrected chi connectivity index (χ3v) is 4.95. The summed E-state index contributed by atoms with van der Waals surface area (Å²) in [6.45, 7) is 2.74. The molecule has 1 aliphatic heterocycles. The van der Waals surface area contributed by atoms with Crippen molar-refractivity contribution in [3.05, 3.63) is 46.4 Å². The fourth-order valence-corrected chi connectivity index (χ4v) is 3.59. The number of rotatable bonds is 2. The lowest BCUT2D eigenvalue weighted by molar-refractivity contribution is 0.470. The molecule has 2 N–H and O–H groups in total. The highest BCUT2D eigenvalue weighted by Crippen LogP contribution is 2.35. The molecule has 1 saturated heterocycles. The smallest absolute Gasteiger partial charge is 0.348 e. The maximum atomic E-state index is 14.8. The lowest BCUT2D eigenvalue weighted by Gasteiger charge is -2.34. The van der Waals surface area contributed by atoms with Gasteiger partial charge in [-0.3, -0.25) is 4.98 Å². The van der Waals surface area contributed by atoms with Crippen LogP contribution in [0.15, 0.2) is 29.1 Å². The average Bonchev–Trinajstić information content (AvgIpc) is 2.62.